The fourth-order valence-corrected chi connectivity index (χ4v) is 1.98. The zero-order chi connectivity index (χ0) is 14.5. The van der Waals surface area contributed by atoms with E-state index < -0.39 is 5.97 Å². The second-order valence-corrected chi connectivity index (χ2v) is 4.79. The summed E-state index contributed by atoms with van der Waals surface area (Å²) in [6.45, 7) is -0.0171. The number of esters is 1. The fraction of sp³-hybridized carbons (Fsp3) is 0.0714. The highest BCUT2D eigenvalue weighted by Gasteiger charge is 2.13. The second-order valence-electron chi connectivity index (χ2n) is 3.94. The van der Waals surface area contributed by atoms with Crippen LogP contribution in [0.15, 0.2) is 41.0 Å². The van der Waals surface area contributed by atoms with Crippen molar-refractivity contribution >= 4 is 27.6 Å². The number of pyridine rings is 1. The Morgan fingerprint density at radius 2 is 2.25 bits per heavy atom. The summed E-state index contributed by atoms with van der Waals surface area (Å²) in [6.07, 6.45) is 1.51. The molecule has 100 valence electrons. The highest BCUT2D eigenvalue weighted by atomic mass is 79.9. The average Bonchev–Trinajstić information content (AvgIpc) is 2.47. The van der Waals surface area contributed by atoms with E-state index in [0.29, 0.717) is 21.3 Å². The van der Waals surface area contributed by atoms with Gasteiger partial charge in [-0.3, -0.25) is 0 Å². The molecule has 0 atom stereocenters. The molecule has 0 aliphatic heterocycles. The molecule has 0 spiro atoms. The smallest absolute Gasteiger partial charge is 0.339 e. The van der Waals surface area contributed by atoms with Crippen LogP contribution in [0.1, 0.15) is 21.6 Å². The number of benzene rings is 1. The minimum absolute atomic E-state index is 0.0171. The Kier molecular flexibility index (Phi) is 4.33. The Balaban J connectivity index is 2.13. The molecular formula is C14H10BrN3O2. The maximum atomic E-state index is 12.0. The van der Waals surface area contributed by atoms with Crippen molar-refractivity contribution in [1.29, 1.82) is 5.26 Å². The molecule has 0 amide bonds. The fourth-order valence-electron chi connectivity index (χ4n) is 1.58. The summed E-state index contributed by atoms with van der Waals surface area (Å²) in [5.41, 5.74) is 7.25. The Morgan fingerprint density at radius 1 is 1.45 bits per heavy atom. The molecule has 2 rings (SSSR count). The number of carbonyl (C=O) groups is 1. The van der Waals surface area contributed by atoms with Gasteiger partial charge >= 0.3 is 5.97 Å². The van der Waals surface area contributed by atoms with Gasteiger partial charge in [-0.1, -0.05) is 6.07 Å². The van der Waals surface area contributed by atoms with Crippen LogP contribution < -0.4 is 5.73 Å². The lowest BCUT2D eigenvalue weighted by Crippen LogP contribution is -2.08. The first kappa shape index (κ1) is 14.0. The van der Waals surface area contributed by atoms with Crippen molar-refractivity contribution < 1.29 is 9.53 Å². The normalized spacial score (nSPS) is 9.80. The largest absolute Gasteiger partial charge is 0.457 e. The number of anilines is 1. The van der Waals surface area contributed by atoms with Crippen LogP contribution >= 0.6 is 15.9 Å². The van der Waals surface area contributed by atoms with Gasteiger partial charge in [0.15, 0.2) is 0 Å². The molecule has 1 aromatic heterocycles. The Bertz CT molecular complexity index is 695. The molecule has 1 aromatic carbocycles. The van der Waals surface area contributed by atoms with Crippen molar-refractivity contribution in [3.8, 4) is 6.07 Å². The molecule has 0 aliphatic carbocycles. The highest BCUT2D eigenvalue weighted by molar-refractivity contribution is 9.10. The van der Waals surface area contributed by atoms with Crippen LogP contribution in [0.25, 0.3) is 0 Å². The number of halogens is 1. The third-order valence-corrected chi connectivity index (χ3v) is 3.26. The molecule has 0 bridgehead atoms. The number of nitriles is 1. The van der Waals surface area contributed by atoms with Crippen molar-refractivity contribution in [2.24, 2.45) is 0 Å². The Morgan fingerprint density at radius 3 is 3.00 bits per heavy atom. The maximum Gasteiger partial charge on any atom is 0.339 e. The molecule has 20 heavy (non-hydrogen) atoms. The summed E-state index contributed by atoms with van der Waals surface area (Å²) in [7, 11) is 0. The van der Waals surface area contributed by atoms with Crippen LogP contribution in [0.4, 0.5) is 5.69 Å². The van der Waals surface area contributed by atoms with Crippen LogP contribution in [0, 0.1) is 11.3 Å². The van der Waals surface area contributed by atoms with E-state index in [4.69, 9.17) is 15.7 Å². The number of ether oxygens (including phenoxy) is 1. The van der Waals surface area contributed by atoms with Gasteiger partial charge in [0.1, 0.15) is 18.4 Å². The predicted molar refractivity (Wildman–Crippen MR) is 76.6 cm³/mol. The van der Waals surface area contributed by atoms with Gasteiger partial charge in [-0.05, 0) is 40.2 Å². The van der Waals surface area contributed by atoms with Gasteiger partial charge in [0.05, 0.1) is 5.56 Å². The van der Waals surface area contributed by atoms with E-state index in [1.165, 1.54) is 12.3 Å². The summed E-state index contributed by atoms with van der Waals surface area (Å²) < 4.78 is 5.78. The number of rotatable bonds is 3. The second kappa shape index (κ2) is 6.17. The standard InChI is InChI=1S/C14H10BrN3O2/c15-12-4-3-10(17)6-11(12)14(19)20-8-9-2-1-5-18-13(9)7-16/h1-6H,8,17H2. The zero-order valence-electron chi connectivity index (χ0n) is 10.3. The first-order valence-electron chi connectivity index (χ1n) is 5.68. The molecule has 0 saturated heterocycles. The first-order chi connectivity index (χ1) is 9.61. The van der Waals surface area contributed by atoms with Gasteiger partial charge in [0.2, 0.25) is 0 Å². The van der Waals surface area contributed by atoms with Crippen LogP contribution in [0.5, 0.6) is 0 Å². The van der Waals surface area contributed by atoms with Crippen molar-refractivity contribution in [3.63, 3.8) is 0 Å². The molecule has 6 heteroatoms. The topological polar surface area (TPSA) is 89.0 Å². The molecule has 0 unspecified atom stereocenters. The number of nitrogens with two attached hydrogens (primary N) is 1. The lowest BCUT2D eigenvalue weighted by molar-refractivity contribution is 0.0471. The van der Waals surface area contributed by atoms with E-state index in [-0.39, 0.29) is 12.3 Å². The van der Waals surface area contributed by atoms with E-state index in [1.807, 2.05) is 6.07 Å². The van der Waals surface area contributed by atoms with Gasteiger partial charge in [-0.25, -0.2) is 9.78 Å². The number of nitrogen functional groups attached to an aromatic ring is 1. The molecule has 1 heterocycles. The Hall–Kier alpha value is -2.39. The van der Waals surface area contributed by atoms with Crippen LogP contribution in [0.2, 0.25) is 0 Å². The molecule has 2 aromatic rings. The summed E-state index contributed by atoms with van der Waals surface area (Å²) in [5, 5.41) is 8.90. The highest BCUT2D eigenvalue weighted by Crippen LogP contribution is 2.21. The van der Waals surface area contributed by atoms with Crippen molar-refractivity contribution in [2.75, 3.05) is 5.73 Å². The van der Waals surface area contributed by atoms with E-state index >= 15 is 0 Å². The lowest BCUT2D eigenvalue weighted by Gasteiger charge is -2.07. The third-order valence-electron chi connectivity index (χ3n) is 2.57. The molecule has 0 fully saturated rings. The summed E-state index contributed by atoms with van der Waals surface area (Å²) in [5.74, 6) is -0.517. The molecule has 2 N–H and O–H groups in total. The summed E-state index contributed by atoms with van der Waals surface area (Å²) in [6, 6.07) is 10.2. The van der Waals surface area contributed by atoms with Gasteiger partial charge in [-0.2, -0.15) is 5.26 Å². The zero-order valence-corrected chi connectivity index (χ0v) is 11.9. The molecule has 0 saturated carbocycles. The minimum Gasteiger partial charge on any atom is -0.457 e. The van der Waals surface area contributed by atoms with Crippen LogP contribution in [-0.2, 0) is 11.3 Å². The number of hydrogen-bond acceptors (Lipinski definition) is 5. The average molecular weight is 332 g/mol. The molecule has 5 nitrogen and oxygen atoms in total. The first-order valence-corrected chi connectivity index (χ1v) is 6.47. The van der Waals surface area contributed by atoms with Gasteiger partial charge in [0, 0.05) is 21.9 Å². The van der Waals surface area contributed by atoms with Crippen LogP contribution in [-0.4, -0.2) is 11.0 Å². The molecular weight excluding hydrogens is 322 g/mol. The quantitative estimate of drug-likeness (QED) is 0.689. The Labute approximate surface area is 124 Å². The lowest BCUT2D eigenvalue weighted by atomic mass is 10.2. The molecule has 0 radical (unpaired) electrons. The van der Waals surface area contributed by atoms with Crippen molar-refractivity contribution in [2.45, 2.75) is 6.61 Å². The van der Waals surface area contributed by atoms with Crippen molar-refractivity contribution in [3.05, 3.63) is 57.8 Å². The third kappa shape index (κ3) is 3.13. The molecule has 0 aliphatic rings. The minimum atomic E-state index is -0.517. The summed E-state index contributed by atoms with van der Waals surface area (Å²) >= 11 is 3.26. The van der Waals surface area contributed by atoms with E-state index in [0.717, 1.165) is 0 Å². The van der Waals surface area contributed by atoms with Crippen molar-refractivity contribution in [1.82, 2.24) is 4.98 Å². The summed E-state index contributed by atoms with van der Waals surface area (Å²) in [4.78, 5) is 15.9. The van der Waals surface area contributed by atoms with E-state index in [9.17, 15) is 4.79 Å². The number of nitrogens with zero attached hydrogens (tertiary/aromatic N) is 2. The van der Waals surface area contributed by atoms with Gasteiger partial charge < -0.3 is 10.5 Å². The number of hydrogen-bond donors (Lipinski definition) is 1. The number of aromatic nitrogens is 1. The van der Waals surface area contributed by atoms with Crippen LogP contribution in [0.3, 0.4) is 0 Å². The van der Waals surface area contributed by atoms with Gasteiger partial charge in [-0.15, -0.1) is 0 Å². The van der Waals surface area contributed by atoms with E-state index in [2.05, 4.69) is 20.9 Å². The van der Waals surface area contributed by atoms with Gasteiger partial charge in [0.25, 0.3) is 0 Å². The number of carbonyl (C=O) groups excluding carboxylic acids is 1. The predicted octanol–water partition coefficient (Wildman–Crippen LogP) is 2.65. The monoisotopic (exact) mass is 331 g/mol. The SMILES string of the molecule is N#Cc1ncccc1COC(=O)c1cc(N)ccc1Br. The van der Waals surface area contributed by atoms with E-state index in [1.54, 1.807) is 24.3 Å². The maximum absolute atomic E-state index is 12.0.